The van der Waals surface area contributed by atoms with Gasteiger partial charge in [0.25, 0.3) is 0 Å². The molecule has 1 nitrogen and oxygen atoms in total. The fourth-order valence-electron chi connectivity index (χ4n) is 2.24. The predicted octanol–water partition coefficient (Wildman–Crippen LogP) is 2.10. The van der Waals surface area contributed by atoms with Gasteiger partial charge in [-0.2, -0.15) is 0 Å². The third kappa shape index (κ3) is 1.64. The summed E-state index contributed by atoms with van der Waals surface area (Å²) in [5.41, 5.74) is 1.75. The van der Waals surface area contributed by atoms with E-state index in [0.717, 1.165) is 5.92 Å². The van der Waals surface area contributed by atoms with E-state index in [0.29, 0.717) is 0 Å². The molecule has 0 bridgehead atoms. The van der Waals surface area contributed by atoms with Gasteiger partial charge in [0.05, 0.1) is 0 Å². The molecule has 1 fully saturated rings. The van der Waals surface area contributed by atoms with Crippen LogP contribution in [0.25, 0.3) is 0 Å². The summed E-state index contributed by atoms with van der Waals surface area (Å²) in [5, 5.41) is 3.51. The van der Waals surface area contributed by atoms with Crippen LogP contribution in [0.15, 0.2) is 11.6 Å². The Morgan fingerprint density at radius 2 is 2.36 bits per heavy atom. The molecule has 1 atom stereocenters. The Morgan fingerprint density at radius 1 is 1.36 bits per heavy atom. The fraction of sp³-hybridized carbons (Fsp3) is 0.800. The molecule has 0 saturated carbocycles. The van der Waals surface area contributed by atoms with Crippen molar-refractivity contribution in [3.05, 3.63) is 11.6 Å². The first-order valence-corrected chi connectivity index (χ1v) is 4.86. The quantitative estimate of drug-likeness (QED) is 0.523. The first-order valence-electron chi connectivity index (χ1n) is 4.86. The zero-order chi connectivity index (χ0) is 7.52. The highest BCUT2D eigenvalue weighted by Gasteiger charge is 2.18. The molecule has 1 N–H and O–H groups in total. The van der Waals surface area contributed by atoms with Gasteiger partial charge >= 0.3 is 0 Å². The van der Waals surface area contributed by atoms with E-state index >= 15 is 0 Å². The van der Waals surface area contributed by atoms with Crippen LogP contribution in [-0.2, 0) is 0 Å². The first-order chi connectivity index (χ1) is 5.47. The molecule has 0 aromatic carbocycles. The van der Waals surface area contributed by atoms with Gasteiger partial charge in [-0.3, -0.25) is 0 Å². The molecule has 1 heterocycles. The summed E-state index contributed by atoms with van der Waals surface area (Å²) < 4.78 is 0. The van der Waals surface area contributed by atoms with E-state index in [-0.39, 0.29) is 0 Å². The van der Waals surface area contributed by atoms with Crippen LogP contribution in [0.3, 0.4) is 0 Å². The smallest absolute Gasteiger partial charge is 0.00168 e. The first kappa shape index (κ1) is 7.35. The van der Waals surface area contributed by atoms with Crippen LogP contribution < -0.4 is 5.32 Å². The zero-order valence-electron chi connectivity index (χ0n) is 7.10. The maximum Gasteiger partial charge on any atom is 0.00168 e. The largest absolute Gasteiger partial charge is 0.316 e. The second-order valence-corrected chi connectivity index (χ2v) is 3.71. The number of hydrogen-bond donors (Lipinski definition) is 1. The van der Waals surface area contributed by atoms with Crippen LogP contribution in [0.5, 0.6) is 0 Å². The normalized spacial score (nSPS) is 32.0. The average molecular weight is 151 g/mol. The minimum atomic E-state index is 0.895. The zero-order valence-corrected chi connectivity index (χ0v) is 7.10. The number of rotatable bonds is 0. The maximum absolute atomic E-state index is 3.51. The van der Waals surface area contributed by atoms with Crippen molar-refractivity contribution in [2.45, 2.75) is 32.1 Å². The molecule has 2 aliphatic rings. The van der Waals surface area contributed by atoms with Crippen molar-refractivity contribution in [3.8, 4) is 0 Å². The third-order valence-corrected chi connectivity index (χ3v) is 2.90. The summed E-state index contributed by atoms with van der Waals surface area (Å²) in [7, 11) is 0. The number of allylic oxidation sites excluding steroid dienone is 1. The molecule has 1 heteroatoms. The lowest BCUT2D eigenvalue weighted by Gasteiger charge is -2.21. The summed E-state index contributed by atoms with van der Waals surface area (Å²) in [5.74, 6) is 0.895. The van der Waals surface area contributed by atoms with E-state index in [1.165, 1.54) is 45.2 Å². The van der Waals surface area contributed by atoms with Crippen LogP contribution in [0.4, 0.5) is 0 Å². The molecule has 62 valence electrons. The average Bonchev–Trinajstić information content (AvgIpc) is 2.28. The van der Waals surface area contributed by atoms with Crippen molar-refractivity contribution < 1.29 is 0 Å². The molecule has 1 saturated heterocycles. The van der Waals surface area contributed by atoms with Gasteiger partial charge in [0.1, 0.15) is 0 Å². The maximum atomic E-state index is 3.51. The van der Waals surface area contributed by atoms with E-state index in [4.69, 9.17) is 0 Å². The van der Waals surface area contributed by atoms with Gasteiger partial charge in [0, 0.05) is 6.54 Å². The highest BCUT2D eigenvalue weighted by molar-refractivity contribution is 5.11. The summed E-state index contributed by atoms with van der Waals surface area (Å²) >= 11 is 0. The fourth-order valence-corrected chi connectivity index (χ4v) is 2.24. The van der Waals surface area contributed by atoms with Crippen molar-refractivity contribution in [2.75, 3.05) is 13.1 Å². The van der Waals surface area contributed by atoms with E-state index in [1.54, 1.807) is 5.57 Å². The van der Waals surface area contributed by atoms with Crippen LogP contribution in [-0.4, -0.2) is 13.1 Å². The topological polar surface area (TPSA) is 12.0 Å². The Hall–Kier alpha value is -0.300. The van der Waals surface area contributed by atoms with Gasteiger partial charge in [-0.05, 0) is 44.6 Å². The Labute approximate surface area is 68.9 Å². The Balaban J connectivity index is 2.07. The minimum absolute atomic E-state index is 0.895. The van der Waals surface area contributed by atoms with Gasteiger partial charge in [0.2, 0.25) is 0 Å². The van der Waals surface area contributed by atoms with Crippen molar-refractivity contribution in [3.63, 3.8) is 0 Å². The van der Waals surface area contributed by atoms with E-state index in [9.17, 15) is 0 Å². The van der Waals surface area contributed by atoms with Crippen LogP contribution in [0, 0.1) is 5.92 Å². The lowest BCUT2D eigenvalue weighted by molar-refractivity contribution is 0.489. The molecular weight excluding hydrogens is 134 g/mol. The molecule has 0 aromatic heterocycles. The summed E-state index contributed by atoms with van der Waals surface area (Å²) in [6.45, 7) is 2.47. The van der Waals surface area contributed by atoms with Crippen LogP contribution in [0.1, 0.15) is 32.1 Å². The summed E-state index contributed by atoms with van der Waals surface area (Å²) in [4.78, 5) is 0. The monoisotopic (exact) mass is 151 g/mol. The third-order valence-electron chi connectivity index (χ3n) is 2.90. The molecule has 0 radical (unpaired) electrons. The SMILES string of the molecule is C1=C2CCCNCC2CCC1. The Morgan fingerprint density at radius 3 is 3.36 bits per heavy atom. The lowest BCUT2D eigenvalue weighted by atomic mass is 9.86. The molecule has 11 heavy (non-hydrogen) atoms. The summed E-state index contributed by atoms with van der Waals surface area (Å²) in [6.07, 6.45) is 9.38. The Kier molecular flexibility index (Phi) is 2.27. The summed E-state index contributed by atoms with van der Waals surface area (Å²) in [6, 6.07) is 0. The van der Waals surface area contributed by atoms with Gasteiger partial charge < -0.3 is 5.32 Å². The van der Waals surface area contributed by atoms with E-state index in [2.05, 4.69) is 11.4 Å². The molecule has 1 unspecified atom stereocenters. The second kappa shape index (κ2) is 3.40. The molecule has 0 aromatic rings. The molecular formula is C10H17N. The van der Waals surface area contributed by atoms with Crippen molar-refractivity contribution >= 4 is 0 Å². The standard InChI is InChI=1S/C10H17N/c1-2-5-10-8-11-7-3-6-9(10)4-1/h4,10-11H,1-3,5-8H2. The van der Waals surface area contributed by atoms with Crippen LogP contribution >= 0.6 is 0 Å². The van der Waals surface area contributed by atoms with Crippen molar-refractivity contribution in [1.29, 1.82) is 0 Å². The molecule has 1 aliphatic carbocycles. The van der Waals surface area contributed by atoms with Gasteiger partial charge in [-0.25, -0.2) is 0 Å². The molecule has 0 amide bonds. The van der Waals surface area contributed by atoms with E-state index in [1.807, 2.05) is 0 Å². The minimum Gasteiger partial charge on any atom is -0.316 e. The van der Waals surface area contributed by atoms with Crippen LogP contribution in [0.2, 0.25) is 0 Å². The number of hydrogen-bond acceptors (Lipinski definition) is 1. The van der Waals surface area contributed by atoms with Crippen molar-refractivity contribution in [1.82, 2.24) is 5.32 Å². The Bertz CT molecular complexity index is 160. The van der Waals surface area contributed by atoms with Gasteiger partial charge in [-0.15, -0.1) is 0 Å². The number of nitrogens with one attached hydrogen (secondary N) is 1. The second-order valence-electron chi connectivity index (χ2n) is 3.71. The molecule has 2 rings (SSSR count). The predicted molar refractivity (Wildman–Crippen MR) is 47.5 cm³/mol. The van der Waals surface area contributed by atoms with Gasteiger partial charge in [-0.1, -0.05) is 11.6 Å². The van der Waals surface area contributed by atoms with Crippen molar-refractivity contribution in [2.24, 2.45) is 5.92 Å². The highest BCUT2D eigenvalue weighted by Crippen LogP contribution is 2.28. The van der Waals surface area contributed by atoms with Gasteiger partial charge in [0.15, 0.2) is 0 Å². The molecule has 0 spiro atoms. The molecule has 1 aliphatic heterocycles. The number of fused-ring (bicyclic) bond motifs is 1. The van der Waals surface area contributed by atoms with E-state index < -0.39 is 0 Å². The highest BCUT2D eigenvalue weighted by atomic mass is 14.9. The lowest BCUT2D eigenvalue weighted by Crippen LogP contribution is -2.22.